The third-order valence-corrected chi connectivity index (χ3v) is 4.70. The van der Waals surface area contributed by atoms with Gasteiger partial charge in [0.2, 0.25) is 0 Å². The topological polar surface area (TPSA) is 78.8 Å². The summed E-state index contributed by atoms with van der Waals surface area (Å²) < 4.78 is 1.76. The van der Waals surface area contributed by atoms with Gasteiger partial charge in [-0.1, -0.05) is 12.1 Å². The van der Waals surface area contributed by atoms with Crippen molar-refractivity contribution in [3.05, 3.63) is 41.7 Å². The maximum absolute atomic E-state index is 12.5. The highest BCUT2D eigenvalue weighted by Gasteiger charge is 2.25. The number of H-pyrrole nitrogens is 1. The number of para-hydroxylation sites is 1. The summed E-state index contributed by atoms with van der Waals surface area (Å²) in [7, 11) is 3.96. The van der Waals surface area contributed by atoms with Crippen molar-refractivity contribution in [3.8, 4) is 0 Å². The number of carbonyl (C=O) groups excluding carboxylic acids is 1. The van der Waals surface area contributed by atoms with Gasteiger partial charge in [-0.2, -0.15) is 10.2 Å². The van der Waals surface area contributed by atoms with Gasteiger partial charge >= 0.3 is 0 Å². The molecule has 7 heteroatoms. The zero-order valence-corrected chi connectivity index (χ0v) is 13.8. The average Bonchev–Trinajstić information content (AvgIpc) is 3.28. The van der Waals surface area contributed by atoms with Gasteiger partial charge in [0.1, 0.15) is 0 Å². The van der Waals surface area contributed by atoms with Crippen LogP contribution in [0.25, 0.3) is 10.9 Å². The maximum atomic E-state index is 12.5. The molecule has 1 unspecified atom stereocenters. The van der Waals surface area contributed by atoms with Crippen LogP contribution in [0.3, 0.4) is 0 Å². The minimum atomic E-state index is -0.248. The minimum Gasteiger partial charge on any atom is -0.303 e. The van der Waals surface area contributed by atoms with Gasteiger partial charge in [0.15, 0.2) is 11.5 Å². The molecule has 24 heavy (non-hydrogen) atoms. The number of rotatable bonds is 3. The van der Waals surface area contributed by atoms with Crippen molar-refractivity contribution in [2.24, 2.45) is 7.05 Å². The van der Waals surface area contributed by atoms with E-state index in [1.807, 2.05) is 37.4 Å². The second kappa shape index (κ2) is 5.76. The van der Waals surface area contributed by atoms with Crippen molar-refractivity contribution in [2.75, 3.05) is 18.9 Å². The van der Waals surface area contributed by atoms with E-state index in [0.29, 0.717) is 17.6 Å². The van der Waals surface area contributed by atoms with Gasteiger partial charge in [-0.3, -0.25) is 19.5 Å². The van der Waals surface area contributed by atoms with E-state index >= 15 is 0 Å². The zero-order valence-electron chi connectivity index (χ0n) is 13.8. The van der Waals surface area contributed by atoms with Crippen molar-refractivity contribution < 1.29 is 4.79 Å². The second-order valence-corrected chi connectivity index (χ2v) is 6.29. The van der Waals surface area contributed by atoms with Gasteiger partial charge in [0.05, 0.1) is 17.3 Å². The van der Waals surface area contributed by atoms with E-state index in [2.05, 4.69) is 32.6 Å². The van der Waals surface area contributed by atoms with E-state index in [9.17, 15) is 4.79 Å². The lowest BCUT2D eigenvalue weighted by Crippen LogP contribution is -2.17. The minimum absolute atomic E-state index is 0.248. The lowest BCUT2D eigenvalue weighted by Gasteiger charge is -2.16. The van der Waals surface area contributed by atoms with E-state index in [1.165, 1.54) is 6.42 Å². The predicted molar refractivity (Wildman–Crippen MR) is 91.9 cm³/mol. The van der Waals surface area contributed by atoms with Crippen molar-refractivity contribution >= 4 is 22.6 Å². The highest BCUT2D eigenvalue weighted by atomic mass is 16.2. The van der Waals surface area contributed by atoms with Gasteiger partial charge < -0.3 is 5.32 Å². The monoisotopic (exact) mass is 324 g/mol. The Hall–Kier alpha value is -2.67. The standard InChI is InChI=1S/C17H20N6O/c1-22-9-5-8-15(22)12-10-13(20-19-12)17(24)18-16-11-6-3-4-7-14(11)23(2)21-16/h3-4,6-7,10,15H,5,8-9H2,1-2H3,(H,19,20)(H,18,21,24). The molecule has 3 heterocycles. The quantitative estimate of drug-likeness (QED) is 0.775. The first-order valence-electron chi connectivity index (χ1n) is 8.12. The summed E-state index contributed by atoms with van der Waals surface area (Å²) >= 11 is 0. The molecule has 1 aliphatic heterocycles. The molecule has 7 nitrogen and oxygen atoms in total. The third kappa shape index (κ3) is 2.46. The first-order valence-corrected chi connectivity index (χ1v) is 8.12. The van der Waals surface area contributed by atoms with Crippen LogP contribution in [-0.2, 0) is 7.05 Å². The maximum Gasteiger partial charge on any atom is 0.277 e. The summed E-state index contributed by atoms with van der Waals surface area (Å²) in [6, 6.07) is 9.96. The van der Waals surface area contributed by atoms with Crippen LogP contribution in [0.4, 0.5) is 5.82 Å². The summed E-state index contributed by atoms with van der Waals surface area (Å²) in [5.74, 6) is 0.308. The lowest BCUT2D eigenvalue weighted by molar-refractivity contribution is 0.102. The Morgan fingerprint density at radius 2 is 2.17 bits per heavy atom. The van der Waals surface area contributed by atoms with Gasteiger partial charge in [-0.15, -0.1) is 0 Å². The molecule has 3 aromatic rings. The molecule has 0 aliphatic carbocycles. The smallest absolute Gasteiger partial charge is 0.277 e. The Morgan fingerprint density at radius 1 is 1.33 bits per heavy atom. The number of hydrogen-bond donors (Lipinski definition) is 2. The van der Waals surface area contributed by atoms with Crippen molar-refractivity contribution in [3.63, 3.8) is 0 Å². The first kappa shape index (κ1) is 14.9. The molecule has 1 fully saturated rings. The molecule has 1 saturated heterocycles. The molecule has 0 radical (unpaired) electrons. The van der Waals surface area contributed by atoms with Gasteiger partial charge in [-0.25, -0.2) is 0 Å². The van der Waals surface area contributed by atoms with Gasteiger partial charge in [0.25, 0.3) is 5.91 Å². The molecular weight excluding hydrogens is 304 g/mol. The number of amides is 1. The Labute approximate surface area is 139 Å². The van der Waals surface area contributed by atoms with Crippen LogP contribution in [0.1, 0.15) is 35.1 Å². The number of aromatic nitrogens is 4. The van der Waals surface area contributed by atoms with Gasteiger partial charge in [-0.05, 0) is 44.6 Å². The number of nitrogens with one attached hydrogen (secondary N) is 2. The fourth-order valence-corrected chi connectivity index (χ4v) is 3.40. The predicted octanol–water partition coefficient (Wildman–Crippen LogP) is 2.32. The number of fused-ring (bicyclic) bond motifs is 1. The van der Waals surface area contributed by atoms with E-state index in [1.54, 1.807) is 4.68 Å². The largest absolute Gasteiger partial charge is 0.303 e. The van der Waals surface area contributed by atoms with Crippen LogP contribution < -0.4 is 5.32 Å². The van der Waals surface area contributed by atoms with Crippen LogP contribution in [0.5, 0.6) is 0 Å². The highest BCUT2D eigenvalue weighted by molar-refractivity contribution is 6.06. The molecule has 2 N–H and O–H groups in total. The van der Waals surface area contributed by atoms with E-state index in [-0.39, 0.29) is 5.91 Å². The molecule has 4 rings (SSSR count). The van der Waals surface area contributed by atoms with Crippen LogP contribution in [0.2, 0.25) is 0 Å². The average molecular weight is 324 g/mol. The number of carbonyl (C=O) groups is 1. The Balaban J connectivity index is 1.57. The Kier molecular flexibility index (Phi) is 3.57. The number of anilines is 1. The van der Waals surface area contributed by atoms with Crippen LogP contribution in [0.15, 0.2) is 30.3 Å². The SMILES string of the molecule is CN1CCCC1c1cc(C(=O)Nc2nn(C)c3ccccc23)n[nH]1. The second-order valence-electron chi connectivity index (χ2n) is 6.29. The fourth-order valence-electron chi connectivity index (χ4n) is 3.40. The Bertz CT molecular complexity index is 896. The van der Waals surface area contributed by atoms with Crippen LogP contribution >= 0.6 is 0 Å². The lowest BCUT2D eigenvalue weighted by atomic mass is 10.1. The molecule has 1 atom stereocenters. The highest BCUT2D eigenvalue weighted by Crippen LogP contribution is 2.29. The molecular formula is C17H20N6O. The fraction of sp³-hybridized carbons (Fsp3) is 0.353. The Morgan fingerprint density at radius 3 is 2.96 bits per heavy atom. The summed E-state index contributed by atoms with van der Waals surface area (Å²) in [6.45, 7) is 1.07. The molecule has 1 aromatic carbocycles. The number of aryl methyl sites for hydroxylation is 1. The van der Waals surface area contributed by atoms with E-state index < -0.39 is 0 Å². The molecule has 2 aromatic heterocycles. The van der Waals surface area contributed by atoms with Crippen LogP contribution in [0, 0.1) is 0 Å². The summed E-state index contributed by atoms with van der Waals surface area (Å²) in [4.78, 5) is 14.8. The van der Waals surface area contributed by atoms with Gasteiger partial charge in [0, 0.05) is 12.4 Å². The number of benzene rings is 1. The molecule has 1 aliphatic rings. The van der Waals surface area contributed by atoms with E-state index in [0.717, 1.165) is 29.6 Å². The first-order chi connectivity index (χ1) is 11.6. The summed E-state index contributed by atoms with van der Waals surface area (Å²) in [5.41, 5.74) is 2.36. The molecule has 0 saturated carbocycles. The van der Waals surface area contributed by atoms with Crippen molar-refractivity contribution in [1.29, 1.82) is 0 Å². The number of likely N-dealkylation sites (tertiary alicyclic amines) is 1. The normalized spacial score (nSPS) is 18.3. The van der Waals surface area contributed by atoms with Crippen LogP contribution in [-0.4, -0.2) is 44.4 Å². The number of nitrogens with zero attached hydrogens (tertiary/aromatic N) is 4. The van der Waals surface area contributed by atoms with E-state index in [4.69, 9.17) is 0 Å². The number of aromatic amines is 1. The molecule has 1 amide bonds. The zero-order chi connectivity index (χ0) is 16.7. The molecule has 0 bridgehead atoms. The summed E-state index contributed by atoms with van der Waals surface area (Å²) in [6.07, 6.45) is 2.26. The van der Waals surface area contributed by atoms with Crippen molar-refractivity contribution in [1.82, 2.24) is 24.9 Å². The summed E-state index contributed by atoms with van der Waals surface area (Å²) in [5, 5.41) is 15.4. The number of hydrogen-bond acceptors (Lipinski definition) is 4. The van der Waals surface area contributed by atoms with Crippen molar-refractivity contribution in [2.45, 2.75) is 18.9 Å². The third-order valence-electron chi connectivity index (χ3n) is 4.70. The molecule has 124 valence electrons. The molecule has 0 spiro atoms.